The van der Waals surface area contributed by atoms with Crippen LogP contribution in [0.4, 0.5) is 24.7 Å². The van der Waals surface area contributed by atoms with Gasteiger partial charge in [-0.3, -0.25) is 0 Å². The number of pyridine rings is 1. The number of aliphatic hydroxyl groups is 1. The molecular formula is C19H20F3N3O3S. The maximum absolute atomic E-state index is 15.0. The normalized spacial score (nSPS) is 22.0. The van der Waals surface area contributed by atoms with E-state index in [9.17, 15) is 26.7 Å². The Bertz CT molecular complexity index is 1100. The monoisotopic (exact) mass is 427 g/mol. The number of alkyl halides is 2. The summed E-state index contributed by atoms with van der Waals surface area (Å²) < 4.78 is 68.8. The highest BCUT2D eigenvalue weighted by molar-refractivity contribution is 7.94. The van der Waals surface area contributed by atoms with Crippen molar-refractivity contribution >= 4 is 21.7 Å². The Balaban J connectivity index is 1.77. The van der Waals surface area contributed by atoms with Gasteiger partial charge in [-0.2, -0.15) is 8.42 Å². The van der Waals surface area contributed by atoms with E-state index in [1.807, 2.05) is 0 Å². The number of rotatable bonds is 4. The molecule has 1 aromatic carbocycles. The van der Waals surface area contributed by atoms with E-state index in [1.165, 1.54) is 45.2 Å². The summed E-state index contributed by atoms with van der Waals surface area (Å²) in [5.74, 6) is -4.51. The summed E-state index contributed by atoms with van der Waals surface area (Å²) in [5, 5.41) is 10.2. The Kier molecular flexibility index (Phi) is 4.19. The third-order valence-corrected chi connectivity index (χ3v) is 7.09. The molecule has 2 aliphatic rings. The van der Waals surface area contributed by atoms with E-state index in [0.717, 1.165) is 8.61 Å². The third kappa shape index (κ3) is 3.14. The van der Waals surface area contributed by atoms with Gasteiger partial charge in [0.25, 0.3) is 5.92 Å². The average Bonchev–Trinajstić information content (AvgIpc) is 3.18. The van der Waals surface area contributed by atoms with E-state index in [1.54, 1.807) is 6.07 Å². The Morgan fingerprint density at radius 3 is 2.52 bits per heavy atom. The second-order valence-corrected chi connectivity index (χ2v) is 9.82. The van der Waals surface area contributed by atoms with Gasteiger partial charge in [0.2, 0.25) is 0 Å². The minimum absolute atomic E-state index is 0.0412. The minimum Gasteiger partial charge on any atom is -0.386 e. The zero-order valence-corrected chi connectivity index (χ0v) is 16.8. The number of anilines is 2. The summed E-state index contributed by atoms with van der Waals surface area (Å²) in [4.78, 5) is 4.29. The minimum atomic E-state index is -4.03. The molecule has 1 unspecified atom stereocenters. The Labute approximate surface area is 166 Å². The molecule has 1 N–H and O–H groups in total. The van der Waals surface area contributed by atoms with Crippen molar-refractivity contribution < 1.29 is 26.7 Å². The second-order valence-electron chi connectivity index (χ2n) is 7.93. The van der Waals surface area contributed by atoms with Crippen LogP contribution in [-0.4, -0.2) is 38.0 Å². The summed E-state index contributed by atoms with van der Waals surface area (Å²) in [6.45, 7) is 2.57. The number of hydrogen-bond acceptors (Lipinski definition) is 4. The first-order chi connectivity index (χ1) is 13.3. The van der Waals surface area contributed by atoms with Crippen LogP contribution >= 0.6 is 0 Å². The number of benzene rings is 1. The van der Waals surface area contributed by atoms with Gasteiger partial charge in [-0.05, 0) is 32.0 Å². The van der Waals surface area contributed by atoms with Crippen LogP contribution in [0.15, 0.2) is 30.3 Å². The summed E-state index contributed by atoms with van der Waals surface area (Å²) in [6.07, 6.45) is -0.349. The lowest BCUT2D eigenvalue weighted by Crippen LogP contribution is -2.37. The number of aromatic nitrogens is 1. The van der Waals surface area contributed by atoms with Gasteiger partial charge in [-0.1, -0.05) is 12.1 Å². The molecule has 0 bridgehead atoms. The Morgan fingerprint density at radius 2 is 1.93 bits per heavy atom. The fourth-order valence-corrected chi connectivity index (χ4v) is 4.87. The molecule has 0 saturated heterocycles. The second kappa shape index (κ2) is 6.09. The molecule has 2 aromatic rings. The van der Waals surface area contributed by atoms with E-state index in [4.69, 9.17) is 0 Å². The van der Waals surface area contributed by atoms with Crippen molar-refractivity contribution in [2.75, 3.05) is 22.2 Å². The van der Waals surface area contributed by atoms with Crippen LogP contribution in [0.5, 0.6) is 0 Å². The van der Waals surface area contributed by atoms with Gasteiger partial charge in [-0.25, -0.2) is 26.8 Å². The molecule has 0 amide bonds. The summed E-state index contributed by atoms with van der Waals surface area (Å²) in [5.41, 5.74) is -0.879. The van der Waals surface area contributed by atoms with Crippen molar-refractivity contribution in [1.82, 2.24) is 4.98 Å². The molecule has 1 saturated carbocycles. The van der Waals surface area contributed by atoms with E-state index >= 15 is 0 Å². The molecular weight excluding hydrogens is 407 g/mol. The van der Waals surface area contributed by atoms with E-state index in [0.29, 0.717) is 0 Å². The first-order valence-electron chi connectivity index (χ1n) is 9.01. The molecule has 4 rings (SSSR count). The number of hydrogen-bond donors (Lipinski definition) is 1. The third-order valence-electron chi connectivity index (χ3n) is 5.32. The zero-order chi connectivity index (χ0) is 21.4. The SMILES string of the molecule is CN1c2nc(-c3cccc(C(C)(C)O)c3F)ccc2N(CC2CC2(F)F)S1(=O)=O. The molecule has 1 atom stereocenters. The van der Waals surface area contributed by atoms with Gasteiger partial charge in [0.15, 0.2) is 5.82 Å². The fourth-order valence-electron chi connectivity index (χ4n) is 3.46. The summed E-state index contributed by atoms with van der Waals surface area (Å²) in [6, 6.07) is 7.39. The van der Waals surface area contributed by atoms with E-state index < -0.39 is 33.5 Å². The van der Waals surface area contributed by atoms with Crippen LogP contribution < -0.4 is 8.61 Å². The molecule has 10 heteroatoms. The predicted molar refractivity (Wildman–Crippen MR) is 103 cm³/mol. The first-order valence-corrected chi connectivity index (χ1v) is 10.4. The highest BCUT2D eigenvalue weighted by atomic mass is 32.2. The molecule has 0 spiro atoms. The van der Waals surface area contributed by atoms with Gasteiger partial charge >= 0.3 is 10.2 Å². The first kappa shape index (κ1) is 20.0. The largest absolute Gasteiger partial charge is 0.386 e. The van der Waals surface area contributed by atoms with Gasteiger partial charge in [0.1, 0.15) is 5.82 Å². The smallest absolute Gasteiger partial charge is 0.327 e. The van der Waals surface area contributed by atoms with Crippen molar-refractivity contribution in [3.8, 4) is 11.3 Å². The standard InChI is InChI=1S/C19H20F3N3O3S/c1-18(2,26)13-6-4-5-12(16(13)20)14-7-8-15-17(23-14)24(3)29(27,28)25(15)10-11-9-19(11,21)22/h4-8,11,26H,9-10H2,1-3H3. The van der Waals surface area contributed by atoms with Crippen LogP contribution in [-0.2, 0) is 15.8 Å². The van der Waals surface area contributed by atoms with Gasteiger partial charge < -0.3 is 5.11 Å². The highest BCUT2D eigenvalue weighted by Gasteiger charge is 2.59. The quantitative estimate of drug-likeness (QED) is 0.813. The maximum atomic E-state index is 15.0. The van der Waals surface area contributed by atoms with Crippen LogP contribution in [0, 0.1) is 11.7 Å². The van der Waals surface area contributed by atoms with Gasteiger partial charge in [0.05, 0.1) is 17.0 Å². The highest BCUT2D eigenvalue weighted by Crippen LogP contribution is 2.51. The van der Waals surface area contributed by atoms with Crippen molar-refractivity contribution in [2.24, 2.45) is 5.92 Å². The van der Waals surface area contributed by atoms with Crippen molar-refractivity contribution in [2.45, 2.75) is 31.8 Å². The predicted octanol–water partition coefficient (Wildman–Crippen LogP) is 3.27. The van der Waals surface area contributed by atoms with Crippen LogP contribution in [0.3, 0.4) is 0 Å². The van der Waals surface area contributed by atoms with Gasteiger partial charge in [-0.15, -0.1) is 0 Å². The average molecular weight is 427 g/mol. The number of halogens is 3. The van der Waals surface area contributed by atoms with Gasteiger partial charge in [0, 0.05) is 37.1 Å². The topological polar surface area (TPSA) is 73.7 Å². The molecule has 6 nitrogen and oxygen atoms in total. The fraction of sp³-hybridized carbons (Fsp3) is 0.421. The lowest BCUT2D eigenvalue weighted by atomic mass is 9.94. The molecule has 1 aliphatic carbocycles. The lowest BCUT2D eigenvalue weighted by molar-refractivity contribution is 0.0746. The van der Waals surface area contributed by atoms with Crippen LogP contribution in [0.25, 0.3) is 11.3 Å². The lowest BCUT2D eigenvalue weighted by Gasteiger charge is -2.20. The molecule has 0 radical (unpaired) electrons. The maximum Gasteiger partial charge on any atom is 0.327 e. The van der Waals surface area contributed by atoms with Crippen molar-refractivity contribution in [1.29, 1.82) is 0 Å². The Morgan fingerprint density at radius 1 is 1.28 bits per heavy atom. The van der Waals surface area contributed by atoms with E-state index in [2.05, 4.69) is 4.98 Å². The van der Waals surface area contributed by atoms with Crippen molar-refractivity contribution in [3.63, 3.8) is 0 Å². The van der Waals surface area contributed by atoms with Crippen LogP contribution in [0.1, 0.15) is 25.8 Å². The molecule has 1 aliphatic heterocycles. The molecule has 1 aromatic heterocycles. The molecule has 1 fully saturated rings. The van der Waals surface area contributed by atoms with Crippen molar-refractivity contribution in [3.05, 3.63) is 41.7 Å². The molecule has 156 valence electrons. The summed E-state index contributed by atoms with van der Waals surface area (Å²) >= 11 is 0. The molecule has 2 heterocycles. The van der Waals surface area contributed by atoms with Crippen LogP contribution in [0.2, 0.25) is 0 Å². The number of fused-ring (bicyclic) bond motifs is 1. The van der Waals surface area contributed by atoms with E-state index in [-0.39, 0.29) is 41.3 Å². The summed E-state index contributed by atoms with van der Waals surface area (Å²) in [7, 11) is -2.76. The molecule has 29 heavy (non-hydrogen) atoms. The Hall–Kier alpha value is -2.33. The zero-order valence-electron chi connectivity index (χ0n) is 16.0. The number of nitrogens with zero attached hydrogens (tertiary/aromatic N) is 3.